The third-order valence-corrected chi connectivity index (χ3v) is 5.14. The number of benzene rings is 3. The fourth-order valence-corrected chi connectivity index (χ4v) is 3.03. The van der Waals surface area contributed by atoms with Gasteiger partial charge in [0.15, 0.2) is 18.1 Å². The van der Waals surface area contributed by atoms with Gasteiger partial charge in [-0.05, 0) is 66.6 Å². The van der Waals surface area contributed by atoms with E-state index in [2.05, 4.69) is 10.5 Å². The number of ether oxygens (including phenoxy) is 3. The van der Waals surface area contributed by atoms with Gasteiger partial charge in [-0.1, -0.05) is 35.3 Å². The van der Waals surface area contributed by atoms with Crippen LogP contribution < -0.4 is 19.6 Å². The van der Waals surface area contributed by atoms with Crippen LogP contribution in [0.25, 0.3) is 0 Å². The highest BCUT2D eigenvalue weighted by molar-refractivity contribution is 6.33. The predicted molar refractivity (Wildman–Crippen MR) is 127 cm³/mol. The van der Waals surface area contributed by atoms with Crippen LogP contribution >= 0.6 is 23.2 Å². The number of aryl methyl sites for hydroxylation is 1. The molecule has 0 aliphatic rings. The molecule has 0 saturated carbocycles. The molecule has 0 spiro atoms. The van der Waals surface area contributed by atoms with Gasteiger partial charge in [0.25, 0.3) is 5.91 Å². The molecular formula is C24H20Cl2N2O5. The summed E-state index contributed by atoms with van der Waals surface area (Å²) in [6, 6.07) is 16.5. The molecule has 0 aliphatic carbocycles. The van der Waals surface area contributed by atoms with E-state index in [0.29, 0.717) is 22.1 Å². The quantitative estimate of drug-likeness (QED) is 0.208. The maximum absolute atomic E-state index is 12.4. The van der Waals surface area contributed by atoms with Crippen molar-refractivity contribution in [3.8, 4) is 17.2 Å². The zero-order valence-corrected chi connectivity index (χ0v) is 19.3. The first-order valence-corrected chi connectivity index (χ1v) is 10.5. The summed E-state index contributed by atoms with van der Waals surface area (Å²) in [5.74, 6) is 0.0182. The van der Waals surface area contributed by atoms with Gasteiger partial charge in [0, 0.05) is 5.02 Å². The molecule has 3 aromatic carbocycles. The smallest absolute Gasteiger partial charge is 0.345 e. The molecular weight excluding hydrogens is 467 g/mol. The van der Waals surface area contributed by atoms with Gasteiger partial charge in [-0.25, -0.2) is 10.2 Å². The van der Waals surface area contributed by atoms with Gasteiger partial charge in [0.2, 0.25) is 0 Å². The molecule has 0 atom stereocenters. The highest BCUT2D eigenvalue weighted by atomic mass is 35.5. The zero-order chi connectivity index (χ0) is 23.8. The average Bonchev–Trinajstić information content (AvgIpc) is 2.81. The Hall–Kier alpha value is -3.55. The van der Waals surface area contributed by atoms with E-state index in [1.807, 2.05) is 6.92 Å². The molecule has 3 aromatic rings. The van der Waals surface area contributed by atoms with Crippen LogP contribution in [0.5, 0.6) is 17.2 Å². The van der Waals surface area contributed by atoms with E-state index >= 15 is 0 Å². The van der Waals surface area contributed by atoms with E-state index < -0.39 is 11.9 Å². The number of hydrogen-bond acceptors (Lipinski definition) is 6. The van der Waals surface area contributed by atoms with Crippen molar-refractivity contribution in [2.24, 2.45) is 5.10 Å². The van der Waals surface area contributed by atoms with E-state index in [-0.39, 0.29) is 22.9 Å². The molecule has 0 fully saturated rings. The summed E-state index contributed by atoms with van der Waals surface area (Å²) in [4.78, 5) is 24.3. The Morgan fingerprint density at radius 3 is 2.52 bits per heavy atom. The fraction of sp³-hybridized carbons (Fsp3) is 0.125. The van der Waals surface area contributed by atoms with Gasteiger partial charge in [-0.15, -0.1) is 0 Å². The monoisotopic (exact) mass is 486 g/mol. The number of carbonyl (C=O) groups excluding carboxylic acids is 2. The second-order valence-corrected chi connectivity index (χ2v) is 7.59. The summed E-state index contributed by atoms with van der Waals surface area (Å²) in [7, 11) is 1.45. The van der Waals surface area contributed by atoms with Gasteiger partial charge in [0.1, 0.15) is 5.75 Å². The lowest BCUT2D eigenvalue weighted by molar-refractivity contribution is -0.123. The van der Waals surface area contributed by atoms with Crippen molar-refractivity contribution >= 4 is 41.3 Å². The molecule has 3 rings (SSSR count). The van der Waals surface area contributed by atoms with Crippen LogP contribution in [0.3, 0.4) is 0 Å². The standard InChI is InChI=1S/C24H20Cl2N2O5/c1-15-11-17(8-9-19(15)25)32-14-23(29)28-27-13-16-7-10-21(22(12-16)31-2)33-24(30)18-5-3-4-6-20(18)26/h3-13H,14H2,1-2H3,(H,28,29)/b27-13-. The molecule has 0 unspecified atom stereocenters. The van der Waals surface area contributed by atoms with Crippen molar-refractivity contribution in [3.05, 3.63) is 87.4 Å². The van der Waals surface area contributed by atoms with Crippen LogP contribution in [0.2, 0.25) is 10.0 Å². The fourth-order valence-electron chi connectivity index (χ4n) is 2.70. The number of rotatable bonds is 8. The number of hydrogen-bond donors (Lipinski definition) is 1. The largest absolute Gasteiger partial charge is 0.493 e. The third-order valence-electron chi connectivity index (χ3n) is 4.39. The first-order valence-electron chi connectivity index (χ1n) is 9.73. The molecule has 0 saturated heterocycles. The number of amides is 1. The number of halogens is 2. The Bertz CT molecular complexity index is 1200. The highest BCUT2D eigenvalue weighted by Crippen LogP contribution is 2.29. The van der Waals surface area contributed by atoms with Crippen LogP contribution in [0.15, 0.2) is 65.8 Å². The first kappa shape index (κ1) is 24.1. The van der Waals surface area contributed by atoms with Crippen LogP contribution in [0.4, 0.5) is 0 Å². The molecule has 7 nitrogen and oxygen atoms in total. The van der Waals surface area contributed by atoms with Crippen LogP contribution in [-0.4, -0.2) is 31.8 Å². The molecule has 33 heavy (non-hydrogen) atoms. The minimum absolute atomic E-state index is 0.210. The topological polar surface area (TPSA) is 86.2 Å². The molecule has 0 aliphatic heterocycles. The summed E-state index contributed by atoms with van der Waals surface area (Å²) in [6.45, 7) is 1.63. The summed E-state index contributed by atoms with van der Waals surface area (Å²) in [5, 5.41) is 4.81. The van der Waals surface area contributed by atoms with E-state index in [4.69, 9.17) is 37.4 Å². The molecule has 0 radical (unpaired) electrons. The zero-order valence-electron chi connectivity index (χ0n) is 17.8. The Morgan fingerprint density at radius 2 is 1.79 bits per heavy atom. The summed E-state index contributed by atoms with van der Waals surface area (Å²) >= 11 is 12.0. The Balaban J connectivity index is 1.57. The van der Waals surface area contributed by atoms with Gasteiger partial charge in [0.05, 0.1) is 23.9 Å². The lowest BCUT2D eigenvalue weighted by atomic mass is 10.2. The third kappa shape index (κ3) is 6.71. The number of nitrogens with zero attached hydrogens (tertiary/aromatic N) is 1. The van der Waals surface area contributed by atoms with Crippen molar-refractivity contribution in [3.63, 3.8) is 0 Å². The van der Waals surface area contributed by atoms with Crippen LogP contribution in [0, 0.1) is 6.92 Å². The summed E-state index contributed by atoms with van der Waals surface area (Å²) in [5.41, 5.74) is 4.08. The number of methoxy groups -OCH3 is 1. The predicted octanol–water partition coefficient (Wildman–Crippen LogP) is 5.06. The lowest BCUT2D eigenvalue weighted by Gasteiger charge is -2.10. The molecule has 0 aromatic heterocycles. The molecule has 170 valence electrons. The van der Waals surface area contributed by atoms with Crippen molar-refractivity contribution < 1.29 is 23.8 Å². The number of nitrogens with one attached hydrogen (secondary N) is 1. The van der Waals surface area contributed by atoms with Gasteiger partial charge >= 0.3 is 5.97 Å². The van der Waals surface area contributed by atoms with Crippen molar-refractivity contribution in [1.82, 2.24) is 5.43 Å². The number of hydrazone groups is 1. The van der Waals surface area contributed by atoms with Crippen molar-refractivity contribution in [2.75, 3.05) is 13.7 Å². The SMILES string of the molecule is COc1cc(/C=N\NC(=O)COc2ccc(Cl)c(C)c2)ccc1OC(=O)c1ccccc1Cl. The highest BCUT2D eigenvalue weighted by Gasteiger charge is 2.15. The van der Waals surface area contributed by atoms with Gasteiger partial charge in [-0.3, -0.25) is 4.79 Å². The average molecular weight is 487 g/mol. The van der Waals surface area contributed by atoms with E-state index in [1.54, 1.807) is 60.7 Å². The van der Waals surface area contributed by atoms with Gasteiger partial charge < -0.3 is 14.2 Å². The molecule has 0 heterocycles. The minimum atomic E-state index is -0.608. The molecule has 9 heteroatoms. The first-order chi connectivity index (χ1) is 15.9. The number of carbonyl (C=O) groups is 2. The number of esters is 1. The van der Waals surface area contributed by atoms with Crippen LogP contribution in [0.1, 0.15) is 21.5 Å². The maximum atomic E-state index is 12.4. The van der Waals surface area contributed by atoms with Crippen LogP contribution in [-0.2, 0) is 4.79 Å². The summed E-state index contributed by atoms with van der Waals surface area (Å²) in [6.07, 6.45) is 1.42. The maximum Gasteiger partial charge on any atom is 0.345 e. The minimum Gasteiger partial charge on any atom is -0.493 e. The Morgan fingerprint density at radius 1 is 1.00 bits per heavy atom. The van der Waals surface area contributed by atoms with E-state index in [1.165, 1.54) is 13.3 Å². The molecule has 0 bridgehead atoms. The molecule has 1 amide bonds. The second-order valence-electron chi connectivity index (χ2n) is 6.77. The van der Waals surface area contributed by atoms with E-state index in [9.17, 15) is 9.59 Å². The van der Waals surface area contributed by atoms with E-state index in [0.717, 1.165) is 5.56 Å². The van der Waals surface area contributed by atoms with Gasteiger partial charge in [-0.2, -0.15) is 5.10 Å². The normalized spacial score (nSPS) is 10.7. The Labute approximate surface area is 200 Å². The molecule has 1 N–H and O–H groups in total. The summed E-state index contributed by atoms with van der Waals surface area (Å²) < 4.78 is 16.1. The van der Waals surface area contributed by atoms with Crippen molar-refractivity contribution in [1.29, 1.82) is 0 Å². The van der Waals surface area contributed by atoms with Crippen molar-refractivity contribution in [2.45, 2.75) is 6.92 Å². The second kappa shape index (κ2) is 11.4. The Kier molecular flexibility index (Phi) is 8.29. The lowest BCUT2D eigenvalue weighted by Crippen LogP contribution is -2.24.